The molecule has 1 aliphatic rings. The number of aromatic nitrogens is 4. The van der Waals surface area contributed by atoms with Crippen LogP contribution in [0.5, 0.6) is 0 Å². The van der Waals surface area contributed by atoms with E-state index < -0.39 is 5.97 Å². The highest BCUT2D eigenvalue weighted by Crippen LogP contribution is 2.15. The highest BCUT2D eigenvalue weighted by atomic mass is 16.4. The largest absolute Gasteiger partial charge is 0.478 e. The summed E-state index contributed by atoms with van der Waals surface area (Å²) in [7, 11) is 3.50. The van der Waals surface area contributed by atoms with E-state index in [9.17, 15) is 14.7 Å². The van der Waals surface area contributed by atoms with Crippen LogP contribution < -0.4 is 0 Å². The molecule has 1 fully saturated rings. The molecule has 0 unspecified atom stereocenters. The molecule has 1 N–H and O–H groups in total. The number of amides is 1. The first-order valence-corrected chi connectivity index (χ1v) is 8.13. The zero-order valence-corrected chi connectivity index (χ0v) is 14.6. The van der Waals surface area contributed by atoms with Gasteiger partial charge in [0.2, 0.25) is 0 Å². The van der Waals surface area contributed by atoms with Crippen molar-refractivity contribution in [3.63, 3.8) is 0 Å². The number of hydrogen-bond donors (Lipinski definition) is 1. The van der Waals surface area contributed by atoms with Gasteiger partial charge in [0.05, 0.1) is 12.4 Å². The van der Waals surface area contributed by atoms with Crippen molar-refractivity contribution in [3.8, 4) is 0 Å². The molecular formula is C16H22N6O3. The van der Waals surface area contributed by atoms with E-state index in [-0.39, 0.29) is 17.2 Å². The van der Waals surface area contributed by atoms with E-state index >= 15 is 0 Å². The second-order valence-corrected chi connectivity index (χ2v) is 6.28. The quantitative estimate of drug-likeness (QED) is 0.845. The third kappa shape index (κ3) is 3.27. The van der Waals surface area contributed by atoms with Crippen molar-refractivity contribution in [1.29, 1.82) is 0 Å². The van der Waals surface area contributed by atoms with Gasteiger partial charge in [-0.3, -0.25) is 19.1 Å². The maximum absolute atomic E-state index is 12.7. The van der Waals surface area contributed by atoms with Gasteiger partial charge in [0.25, 0.3) is 5.91 Å². The fourth-order valence-corrected chi connectivity index (χ4v) is 3.05. The smallest absolute Gasteiger partial charge is 0.339 e. The molecule has 9 heteroatoms. The van der Waals surface area contributed by atoms with Gasteiger partial charge in [-0.25, -0.2) is 4.79 Å². The van der Waals surface area contributed by atoms with Crippen LogP contribution in [0.4, 0.5) is 0 Å². The molecule has 1 saturated heterocycles. The van der Waals surface area contributed by atoms with Crippen LogP contribution >= 0.6 is 0 Å². The van der Waals surface area contributed by atoms with Crippen LogP contribution in [0, 0.1) is 6.92 Å². The fraction of sp³-hybridized carbons (Fsp3) is 0.500. The Labute approximate surface area is 145 Å². The van der Waals surface area contributed by atoms with Crippen molar-refractivity contribution in [2.24, 2.45) is 14.1 Å². The average Bonchev–Trinajstić information content (AvgIpc) is 3.12. The third-order valence-corrected chi connectivity index (χ3v) is 4.76. The second kappa shape index (κ2) is 6.67. The SMILES string of the molecule is Cc1c(CN2CCN(C(=O)c3c(C(=O)O)cnn3C)CC2)cnn1C. The number of rotatable bonds is 4. The van der Waals surface area contributed by atoms with Gasteiger partial charge < -0.3 is 10.0 Å². The van der Waals surface area contributed by atoms with Crippen LogP contribution in [0.25, 0.3) is 0 Å². The number of piperazine rings is 1. The Kier molecular flexibility index (Phi) is 4.58. The Balaban J connectivity index is 1.64. The molecule has 3 rings (SSSR count). The summed E-state index contributed by atoms with van der Waals surface area (Å²) in [5.41, 5.74) is 2.39. The molecule has 25 heavy (non-hydrogen) atoms. The van der Waals surface area contributed by atoms with Crippen molar-refractivity contribution >= 4 is 11.9 Å². The summed E-state index contributed by atoms with van der Waals surface area (Å²) >= 11 is 0. The number of aryl methyl sites for hydroxylation is 2. The summed E-state index contributed by atoms with van der Waals surface area (Å²) in [6, 6.07) is 0. The standard InChI is InChI=1S/C16H22N6O3/c1-11-12(8-17-19(11)2)10-21-4-6-22(7-5-21)15(23)14-13(16(24)25)9-18-20(14)3/h8-9H,4-7,10H2,1-3H3,(H,24,25). The van der Waals surface area contributed by atoms with E-state index in [0.29, 0.717) is 13.1 Å². The molecular weight excluding hydrogens is 324 g/mol. The van der Waals surface area contributed by atoms with E-state index in [1.54, 1.807) is 11.9 Å². The molecule has 0 aliphatic carbocycles. The zero-order chi connectivity index (χ0) is 18.1. The van der Waals surface area contributed by atoms with Crippen LogP contribution in [0.15, 0.2) is 12.4 Å². The fourth-order valence-electron chi connectivity index (χ4n) is 3.05. The van der Waals surface area contributed by atoms with E-state index in [4.69, 9.17) is 0 Å². The molecule has 0 aromatic carbocycles. The topological polar surface area (TPSA) is 96.5 Å². The number of nitrogens with zero attached hydrogens (tertiary/aromatic N) is 6. The summed E-state index contributed by atoms with van der Waals surface area (Å²) in [5.74, 6) is -1.42. The maximum Gasteiger partial charge on any atom is 0.339 e. The molecule has 0 saturated carbocycles. The first-order valence-electron chi connectivity index (χ1n) is 8.13. The van der Waals surface area contributed by atoms with Crippen molar-refractivity contribution in [3.05, 3.63) is 34.9 Å². The Morgan fingerprint density at radius 2 is 1.72 bits per heavy atom. The monoisotopic (exact) mass is 346 g/mol. The molecule has 0 radical (unpaired) electrons. The normalized spacial score (nSPS) is 15.6. The molecule has 9 nitrogen and oxygen atoms in total. The molecule has 3 heterocycles. The molecule has 134 valence electrons. The summed E-state index contributed by atoms with van der Waals surface area (Å²) in [5, 5.41) is 17.4. The average molecular weight is 346 g/mol. The molecule has 1 aliphatic heterocycles. The van der Waals surface area contributed by atoms with Crippen molar-refractivity contribution in [1.82, 2.24) is 29.4 Å². The summed E-state index contributed by atoms with van der Waals surface area (Å²) in [6.45, 7) is 5.43. The number of carbonyl (C=O) groups is 2. The third-order valence-electron chi connectivity index (χ3n) is 4.76. The minimum Gasteiger partial charge on any atom is -0.478 e. The molecule has 0 spiro atoms. The predicted octanol–water partition coefficient (Wildman–Crippen LogP) is 0.118. The summed E-state index contributed by atoms with van der Waals surface area (Å²) in [4.78, 5) is 27.9. The number of carboxylic acids is 1. The zero-order valence-electron chi connectivity index (χ0n) is 14.6. The Morgan fingerprint density at radius 1 is 1.08 bits per heavy atom. The van der Waals surface area contributed by atoms with E-state index in [2.05, 4.69) is 15.1 Å². The lowest BCUT2D eigenvalue weighted by Gasteiger charge is -2.34. The minimum atomic E-state index is -1.14. The lowest BCUT2D eigenvalue weighted by atomic mass is 10.2. The highest BCUT2D eigenvalue weighted by molar-refractivity contribution is 6.03. The first kappa shape index (κ1) is 17.2. The van der Waals surface area contributed by atoms with E-state index in [1.807, 2.05) is 24.9 Å². The van der Waals surface area contributed by atoms with Gasteiger partial charge in [-0.1, -0.05) is 0 Å². The molecule has 2 aromatic rings. The second-order valence-electron chi connectivity index (χ2n) is 6.28. The van der Waals surface area contributed by atoms with Gasteiger partial charge in [-0.2, -0.15) is 10.2 Å². The minimum absolute atomic E-state index is 0.0547. The summed E-state index contributed by atoms with van der Waals surface area (Å²) < 4.78 is 3.18. The van der Waals surface area contributed by atoms with E-state index in [0.717, 1.165) is 25.3 Å². The van der Waals surface area contributed by atoms with Crippen LogP contribution in [-0.2, 0) is 20.6 Å². The van der Waals surface area contributed by atoms with Crippen molar-refractivity contribution < 1.29 is 14.7 Å². The molecule has 0 atom stereocenters. The predicted molar refractivity (Wildman–Crippen MR) is 89.3 cm³/mol. The summed E-state index contributed by atoms with van der Waals surface area (Å²) in [6.07, 6.45) is 3.10. The van der Waals surface area contributed by atoms with Gasteiger partial charge in [0, 0.05) is 58.1 Å². The number of carbonyl (C=O) groups excluding carboxylic acids is 1. The highest BCUT2D eigenvalue weighted by Gasteiger charge is 2.28. The maximum atomic E-state index is 12.7. The Hall–Kier alpha value is -2.68. The number of aromatic carboxylic acids is 1. The molecule has 1 amide bonds. The lowest BCUT2D eigenvalue weighted by molar-refractivity contribution is 0.0599. The van der Waals surface area contributed by atoms with Crippen LogP contribution in [0.3, 0.4) is 0 Å². The van der Waals surface area contributed by atoms with Gasteiger partial charge in [0.1, 0.15) is 11.3 Å². The lowest BCUT2D eigenvalue weighted by Crippen LogP contribution is -2.48. The number of hydrogen-bond acceptors (Lipinski definition) is 5. The van der Waals surface area contributed by atoms with Crippen molar-refractivity contribution in [2.45, 2.75) is 13.5 Å². The Morgan fingerprint density at radius 3 is 2.28 bits per heavy atom. The van der Waals surface area contributed by atoms with Gasteiger partial charge >= 0.3 is 5.97 Å². The van der Waals surface area contributed by atoms with Crippen LogP contribution in [-0.4, -0.2) is 72.5 Å². The van der Waals surface area contributed by atoms with Gasteiger partial charge in [-0.15, -0.1) is 0 Å². The van der Waals surface area contributed by atoms with Crippen molar-refractivity contribution in [2.75, 3.05) is 26.2 Å². The molecule has 2 aromatic heterocycles. The van der Waals surface area contributed by atoms with Crippen LogP contribution in [0.2, 0.25) is 0 Å². The van der Waals surface area contributed by atoms with E-state index in [1.165, 1.54) is 16.4 Å². The first-order chi connectivity index (χ1) is 11.9. The molecule has 0 bridgehead atoms. The van der Waals surface area contributed by atoms with Gasteiger partial charge in [-0.05, 0) is 6.92 Å². The Bertz CT molecular complexity index is 801. The number of carboxylic acid groups (broad SMARTS) is 1. The van der Waals surface area contributed by atoms with Crippen LogP contribution in [0.1, 0.15) is 32.1 Å². The van der Waals surface area contributed by atoms with Gasteiger partial charge in [0.15, 0.2) is 0 Å².